The van der Waals surface area contributed by atoms with Gasteiger partial charge in [-0.25, -0.2) is 0 Å². The maximum Gasteiger partial charge on any atom is 0.235 e. The van der Waals surface area contributed by atoms with Crippen LogP contribution in [0, 0.1) is 0 Å². The highest BCUT2D eigenvalue weighted by Gasteiger charge is 2.18. The summed E-state index contributed by atoms with van der Waals surface area (Å²) in [5.41, 5.74) is 0. The average molecular weight is 380 g/mol. The van der Waals surface area contributed by atoms with Gasteiger partial charge in [0.25, 0.3) is 0 Å². The number of anilines is 3. The Bertz CT molecular complexity index is 396. The van der Waals surface area contributed by atoms with Gasteiger partial charge in [0.05, 0.1) is 0 Å². The van der Waals surface area contributed by atoms with E-state index in [0.717, 1.165) is 27.5 Å². The van der Waals surface area contributed by atoms with Gasteiger partial charge in [0.15, 0.2) is 0 Å². The molecule has 0 aliphatic heterocycles. The van der Waals surface area contributed by atoms with Crippen molar-refractivity contribution in [3.05, 3.63) is 0 Å². The standard InChI is InChI=1S/C9H18N6O6.C4H10O/c16-1-13(2-17)7-10-8(14(3-18)4-19)12-9(11-7)15(5-20)6-21;1-2-3-4-5/h16-21H,1-6H2;5H,2-4H2,1H3. The molecule has 0 atom stereocenters. The van der Waals surface area contributed by atoms with Crippen LogP contribution in [0.4, 0.5) is 17.8 Å². The predicted molar refractivity (Wildman–Crippen MR) is 91.8 cm³/mol. The Kier molecular flexibility index (Phi) is 13.3. The zero-order chi connectivity index (χ0) is 19.9. The van der Waals surface area contributed by atoms with Gasteiger partial charge in [-0.3, -0.25) is 14.7 Å². The van der Waals surface area contributed by atoms with Crippen LogP contribution in [-0.4, -0.2) is 97.7 Å². The Morgan fingerprint density at radius 3 is 0.962 bits per heavy atom. The Labute approximate surface area is 151 Å². The Balaban J connectivity index is 0.00000110. The van der Waals surface area contributed by atoms with Gasteiger partial charge >= 0.3 is 0 Å². The van der Waals surface area contributed by atoms with E-state index in [2.05, 4.69) is 21.9 Å². The molecule has 1 rings (SSSR count). The second kappa shape index (κ2) is 14.3. The summed E-state index contributed by atoms with van der Waals surface area (Å²) >= 11 is 0. The number of hydrogen-bond acceptors (Lipinski definition) is 13. The van der Waals surface area contributed by atoms with Crippen LogP contribution in [0.5, 0.6) is 0 Å². The summed E-state index contributed by atoms with van der Waals surface area (Å²) < 4.78 is 0. The van der Waals surface area contributed by atoms with Gasteiger partial charge in [-0.05, 0) is 6.42 Å². The van der Waals surface area contributed by atoms with Crippen LogP contribution in [0.1, 0.15) is 19.8 Å². The van der Waals surface area contributed by atoms with Crippen LogP contribution < -0.4 is 14.7 Å². The summed E-state index contributed by atoms with van der Waals surface area (Å²) in [6.07, 6.45) is 2.04. The maximum atomic E-state index is 9.11. The lowest BCUT2D eigenvalue weighted by atomic mass is 10.4. The first kappa shape index (κ1) is 24.1. The lowest BCUT2D eigenvalue weighted by Crippen LogP contribution is -2.34. The molecule has 0 amide bonds. The number of hydrogen-bond donors (Lipinski definition) is 7. The zero-order valence-electron chi connectivity index (χ0n) is 14.7. The first-order valence-corrected chi connectivity index (χ1v) is 7.83. The molecule has 0 unspecified atom stereocenters. The van der Waals surface area contributed by atoms with Crippen LogP contribution in [0.15, 0.2) is 0 Å². The fourth-order valence-corrected chi connectivity index (χ4v) is 1.44. The van der Waals surface area contributed by atoms with Crippen molar-refractivity contribution in [3.8, 4) is 0 Å². The van der Waals surface area contributed by atoms with E-state index in [4.69, 9.17) is 35.7 Å². The third-order valence-corrected chi connectivity index (χ3v) is 2.98. The van der Waals surface area contributed by atoms with E-state index in [1.807, 2.05) is 0 Å². The highest BCUT2D eigenvalue weighted by Crippen LogP contribution is 2.18. The van der Waals surface area contributed by atoms with Crippen molar-refractivity contribution in [2.24, 2.45) is 0 Å². The van der Waals surface area contributed by atoms with E-state index < -0.39 is 40.4 Å². The summed E-state index contributed by atoms with van der Waals surface area (Å²) in [5, 5.41) is 62.7. The van der Waals surface area contributed by atoms with Gasteiger partial charge in [-0.1, -0.05) is 13.3 Å². The van der Waals surface area contributed by atoms with Crippen LogP contribution in [0.3, 0.4) is 0 Å². The fraction of sp³-hybridized carbons (Fsp3) is 0.769. The molecule has 152 valence electrons. The van der Waals surface area contributed by atoms with Gasteiger partial charge in [0, 0.05) is 6.61 Å². The predicted octanol–water partition coefficient (Wildman–Crippen LogP) is -3.23. The van der Waals surface area contributed by atoms with Crippen LogP contribution in [-0.2, 0) is 0 Å². The summed E-state index contributed by atoms with van der Waals surface area (Å²) in [5.74, 6) is -0.503. The quantitative estimate of drug-likeness (QED) is 0.190. The second-order valence-electron chi connectivity index (χ2n) is 4.78. The third kappa shape index (κ3) is 7.57. The van der Waals surface area contributed by atoms with E-state index >= 15 is 0 Å². The average Bonchev–Trinajstić information content (AvgIpc) is 2.66. The number of unbranched alkanes of at least 4 members (excludes halogenated alkanes) is 1. The Morgan fingerprint density at radius 2 is 0.846 bits per heavy atom. The molecule has 0 bridgehead atoms. The minimum Gasteiger partial charge on any atom is -0.396 e. The molecule has 0 aliphatic rings. The molecule has 0 spiro atoms. The minimum atomic E-state index is -0.601. The highest BCUT2D eigenvalue weighted by molar-refractivity contribution is 5.45. The van der Waals surface area contributed by atoms with Crippen LogP contribution in [0.2, 0.25) is 0 Å². The second-order valence-corrected chi connectivity index (χ2v) is 4.78. The Hall–Kier alpha value is -1.87. The number of aliphatic hydroxyl groups excluding tert-OH is 7. The van der Waals surface area contributed by atoms with E-state index in [9.17, 15) is 0 Å². The maximum absolute atomic E-state index is 9.11. The molecule has 13 heteroatoms. The molecule has 1 heterocycles. The topological polar surface area (TPSA) is 190 Å². The first-order valence-electron chi connectivity index (χ1n) is 7.83. The molecule has 0 aromatic carbocycles. The smallest absolute Gasteiger partial charge is 0.235 e. The van der Waals surface area contributed by atoms with Gasteiger partial charge in [0.2, 0.25) is 17.8 Å². The highest BCUT2D eigenvalue weighted by atomic mass is 16.3. The van der Waals surface area contributed by atoms with Gasteiger partial charge in [-0.2, -0.15) is 15.0 Å². The molecular formula is C13H28N6O7. The molecule has 1 aromatic heterocycles. The van der Waals surface area contributed by atoms with Gasteiger partial charge in [0.1, 0.15) is 40.4 Å². The lowest BCUT2D eigenvalue weighted by Gasteiger charge is -2.24. The van der Waals surface area contributed by atoms with Crippen molar-refractivity contribution >= 4 is 17.8 Å². The third-order valence-electron chi connectivity index (χ3n) is 2.98. The summed E-state index contributed by atoms with van der Waals surface area (Å²) in [6, 6.07) is 0. The molecule has 0 aliphatic carbocycles. The van der Waals surface area contributed by atoms with Crippen LogP contribution >= 0.6 is 0 Å². The number of nitrogens with zero attached hydrogens (tertiary/aromatic N) is 6. The van der Waals surface area contributed by atoms with Crippen molar-refractivity contribution in [2.45, 2.75) is 19.8 Å². The van der Waals surface area contributed by atoms with Crippen molar-refractivity contribution < 1.29 is 35.7 Å². The molecule has 0 saturated heterocycles. The molecule has 0 saturated carbocycles. The van der Waals surface area contributed by atoms with E-state index in [1.165, 1.54) is 0 Å². The molecule has 0 radical (unpaired) electrons. The largest absolute Gasteiger partial charge is 0.396 e. The summed E-state index contributed by atoms with van der Waals surface area (Å²) in [7, 11) is 0. The fourth-order valence-electron chi connectivity index (χ4n) is 1.44. The lowest BCUT2D eigenvalue weighted by molar-refractivity contribution is 0.214. The molecule has 0 fully saturated rings. The van der Waals surface area contributed by atoms with Crippen molar-refractivity contribution in [3.63, 3.8) is 0 Å². The number of aromatic nitrogens is 3. The van der Waals surface area contributed by atoms with Crippen molar-refractivity contribution in [1.29, 1.82) is 0 Å². The Morgan fingerprint density at radius 1 is 0.577 bits per heavy atom. The summed E-state index contributed by atoms with van der Waals surface area (Å²) in [6.45, 7) is -1.21. The van der Waals surface area contributed by atoms with E-state index in [0.29, 0.717) is 6.61 Å². The van der Waals surface area contributed by atoms with Crippen molar-refractivity contribution in [1.82, 2.24) is 15.0 Å². The zero-order valence-corrected chi connectivity index (χ0v) is 14.7. The monoisotopic (exact) mass is 380 g/mol. The van der Waals surface area contributed by atoms with Gasteiger partial charge < -0.3 is 35.7 Å². The van der Waals surface area contributed by atoms with Gasteiger partial charge in [-0.15, -0.1) is 0 Å². The first-order chi connectivity index (χ1) is 12.6. The van der Waals surface area contributed by atoms with E-state index in [1.54, 1.807) is 0 Å². The number of aliphatic hydroxyl groups is 7. The normalized spacial score (nSPS) is 10.2. The SMILES string of the molecule is CCCCO.OCN(CO)c1nc(N(CO)CO)nc(N(CO)CO)n1. The van der Waals surface area contributed by atoms with Crippen LogP contribution in [0.25, 0.3) is 0 Å². The molecular weight excluding hydrogens is 352 g/mol. The molecule has 26 heavy (non-hydrogen) atoms. The van der Waals surface area contributed by atoms with E-state index in [-0.39, 0.29) is 17.8 Å². The minimum absolute atomic E-state index is 0.168. The summed E-state index contributed by atoms with van der Waals surface area (Å²) in [4.78, 5) is 14.5. The van der Waals surface area contributed by atoms with Crippen molar-refractivity contribution in [2.75, 3.05) is 61.7 Å². The molecule has 13 nitrogen and oxygen atoms in total. The molecule has 7 N–H and O–H groups in total. The number of rotatable bonds is 11. The molecule has 1 aromatic rings.